The molecule has 23 heavy (non-hydrogen) atoms. The molecule has 0 radical (unpaired) electrons. The van der Waals surface area contributed by atoms with E-state index in [1.807, 2.05) is 24.4 Å². The summed E-state index contributed by atoms with van der Waals surface area (Å²) in [4.78, 5) is 28.7. The maximum atomic E-state index is 13.2. The van der Waals surface area contributed by atoms with Crippen molar-refractivity contribution in [3.05, 3.63) is 22.4 Å². The molecule has 5 heterocycles. The molecule has 0 saturated carbocycles. The first-order valence-corrected chi connectivity index (χ1v) is 10.3. The van der Waals surface area contributed by atoms with Gasteiger partial charge in [-0.3, -0.25) is 9.59 Å². The van der Waals surface area contributed by atoms with Crippen LogP contribution in [0.1, 0.15) is 31.2 Å². The normalized spacial score (nSPS) is 42.1. The Labute approximate surface area is 146 Å². The highest BCUT2D eigenvalue weighted by molar-refractivity contribution is 8.78. The number of fused-ring (bicyclic) bond motifs is 2. The summed E-state index contributed by atoms with van der Waals surface area (Å²) in [5.74, 6) is -0.135. The zero-order valence-electron chi connectivity index (χ0n) is 12.9. The number of carbonyl (C=O) groups is 2. The minimum Gasteiger partial charge on any atom is -0.319 e. The van der Waals surface area contributed by atoms with E-state index in [1.54, 1.807) is 23.8 Å². The molecule has 1 aromatic rings. The molecule has 120 valence electrons. The molecule has 1 spiro atoms. The van der Waals surface area contributed by atoms with Gasteiger partial charge in [-0.1, -0.05) is 27.7 Å². The van der Waals surface area contributed by atoms with E-state index < -0.39 is 15.2 Å². The Hall–Kier alpha value is -1.17. The van der Waals surface area contributed by atoms with Crippen LogP contribution in [0.3, 0.4) is 0 Å². The van der Waals surface area contributed by atoms with Gasteiger partial charge in [0.25, 0.3) is 11.8 Å². The van der Waals surface area contributed by atoms with Gasteiger partial charge in [-0.05, 0) is 25.3 Å². The first-order chi connectivity index (χ1) is 10.8. The maximum absolute atomic E-state index is 13.2. The van der Waals surface area contributed by atoms with Crippen molar-refractivity contribution < 1.29 is 9.59 Å². The lowest BCUT2D eigenvalue weighted by Crippen LogP contribution is -2.73. The van der Waals surface area contributed by atoms with Crippen molar-refractivity contribution in [1.29, 1.82) is 5.26 Å². The Kier molecular flexibility index (Phi) is 2.98. The van der Waals surface area contributed by atoms with Crippen molar-refractivity contribution in [2.75, 3.05) is 7.05 Å². The molecule has 5 nitrogen and oxygen atoms in total. The van der Waals surface area contributed by atoms with Crippen molar-refractivity contribution >= 4 is 44.7 Å². The fraction of sp³-hybridized carbons (Fsp3) is 0.533. The molecule has 4 aliphatic heterocycles. The quantitative estimate of drug-likeness (QED) is 0.716. The highest BCUT2D eigenvalue weighted by Crippen LogP contribution is 2.69. The molecule has 1 aromatic heterocycles. The molecule has 4 aliphatic rings. The topological polar surface area (TPSA) is 64.4 Å². The van der Waals surface area contributed by atoms with Crippen LogP contribution >= 0.6 is 32.9 Å². The van der Waals surface area contributed by atoms with Crippen LogP contribution in [0.25, 0.3) is 0 Å². The van der Waals surface area contributed by atoms with Crippen molar-refractivity contribution in [1.82, 2.24) is 9.80 Å². The third-order valence-electron chi connectivity index (χ3n) is 5.16. The average Bonchev–Trinajstić information content (AvgIpc) is 3.13. The highest BCUT2D eigenvalue weighted by Gasteiger charge is 2.74. The molecular formula is C15H15N3O2S3. The van der Waals surface area contributed by atoms with Gasteiger partial charge < -0.3 is 9.80 Å². The number of amides is 2. The standard InChI is InChI=1S/C15H15N3O2S3/c1-13(8-16)7-15-12(20)17(3)14(2,22-23-15)11(19)18(15)10(13)9-5-4-6-21-9/h4-6,10H,7H2,1-3H3/t10?,13-,14?,15+/m1/s1. The lowest BCUT2D eigenvalue weighted by atomic mass is 9.82. The molecule has 2 unspecified atom stereocenters. The largest absolute Gasteiger partial charge is 0.319 e. The number of nitriles is 1. The number of rotatable bonds is 1. The van der Waals surface area contributed by atoms with Gasteiger partial charge in [-0.15, -0.1) is 11.3 Å². The van der Waals surface area contributed by atoms with E-state index in [0.717, 1.165) is 4.88 Å². The lowest BCUT2D eigenvalue weighted by Gasteiger charge is -2.57. The van der Waals surface area contributed by atoms with E-state index in [-0.39, 0.29) is 17.9 Å². The number of likely N-dealkylation sites (N-methyl/N-ethyl adjacent to an activating group) is 1. The van der Waals surface area contributed by atoms with Crippen LogP contribution in [0.15, 0.2) is 17.5 Å². The minimum absolute atomic E-state index is 0.0659. The van der Waals surface area contributed by atoms with Gasteiger partial charge in [-0.2, -0.15) is 5.26 Å². The van der Waals surface area contributed by atoms with Crippen LogP contribution in [0.5, 0.6) is 0 Å². The van der Waals surface area contributed by atoms with E-state index in [2.05, 4.69) is 6.07 Å². The summed E-state index contributed by atoms with van der Waals surface area (Å²) in [5.41, 5.74) is -0.778. The smallest absolute Gasteiger partial charge is 0.261 e. The van der Waals surface area contributed by atoms with Crippen molar-refractivity contribution in [2.45, 2.75) is 36.1 Å². The molecule has 2 amide bonds. The first-order valence-electron chi connectivity index (χ1n) is 7.24. The average molecular weight is 366 g/mol. The van der Waals surface area contributed by atoms with Gasteiger partial charge in [-0.25, -0.2) is 0 Å². The third kappa shape index (κ3) is 1.61. The van der Waals surface area contributed by atoms with E-state index in [0.29, 0.717) is 6.42 Å². The monoisotopic (exact) mass is 365 g/mol. The fourth-order valence-corrected chi connectivity index (χ4v) is 8.34. The number of nitrogens with zero attached hydrogens (tertiary/aromatic N) is 3. The van der Waals surface area contributed by atoms with E-state index in [1.165, 1.54) is 32.9 Å². The van der Waals surface area contributed by atoms with Crippen LogP contribution in [0.4, 0.5) is 0 Å². The predicted octanol–water partition coefficient (Wildman–Crippen LogP) is 2.83. The number of hydrogen-bond donors (Lipinski definition) is 0. The van der Waals surface area contributed by atoms with Gasteiger partial charge >= 0.3 is 0 Å². The molecule has 0 aliphatic carbocycles. The molecule has 4 fully saturated rings. The summed E-state index contributed by atoms with van der Waals surface area (Å²) in [7, 11) is 4.57. The molecule has 4 saturated heterocycles. The van der Waals surface area contributed by atoms with Crippen molar-refractivity contribution in [3.63, 3.8) is 0 Å². The summed E-state index contributed by atoms with van der Waals surface area (Å²) < 4.78 is 0. The second kappa shape index (κ2) is 4.47. The first kappa shape index (κ1) is 15.4. The van der Waals surface area contributed by atoms with Crippen molar-refractivity contribution in [3.8, 4) is 6.07 Å². The Balaban J connectivity index is 1.95. The molecule has 8 heteroatoms. The predicted molar refractivity (Wildman–Crippen MR) is 91.3 cm³/mol. The molecule has 5 rings (SSSR count). The summed E-state index contributed by atoms with van der Waals surface area (Å²) in [6.45, 7) is 3.66. The summed E-state index contributed by atoms with van der Waals surface area (Å²) in [5, 5.41) is 11.8. The number of hydrogen-bond acceptors (Lipinski definition) is 6. The SMILES string of the molecule is CN1C(=O)[C@@]23C[C@](C)(C#N)C(c4cccs4)N2C(=O)C1(C)SS3. The minimum atomic E-state index is -0.965. The van der Waals surface area contributed by atoms with Gasteiger partial charge in [0, 0.05) is 18.3 Å². The Morgan fingerprint density at radius 3 is 2.65 bits per heavy atom. The van der Waals surface area contributed by atoms with E-state index >= 15 is 0 Å². The zero-order chi connectivity index (χ0) is 16.6. The lowest BCUT2D eigenvalue weighted by molar-refractivity contribution is -0.164. The molecule has 2 bridgehead atoms. The zero-order valence-corrected chi connectivity index (χ0v) is 15.3. The van der Waals surface area contributed by atoms with Crippen LogP contribution < -0.4 is 0 Å². The van der Waals surface area contributed by atoms with Crippen LogP contribution in [-0.2, 0) is 9.59 Å². The van der Waals surface area contributed by atoms with Crippen LogP contribution in [0, 0.1) is 16.7 Å². The number of piperazine rings is 1. The molecular weight excluding hydrogens is 350 g/mol. The molecule has 4 atom stereocenters. The van der Waals surface area contributed by atoms with Gasteiger partial charge in [0.05, 0.1) is 17.5 Å². The maximum Gasteiger partial charge on any atom is 0.261 e. The number of thiophene rings is 1. The second-order valence-corrected chi connectivity index (χ2v) is 10.4. The van der Waals surface area contributed by atoms with Gasteiger partial charge in [0.1, 0.15) is 0 Å². The number of carbonyl (C=O) groups excluding carboxylic acids is 2. The Morgan fingerprint density at radius 1 is 1.30 bits per heavy atom. The second-order valence-electron chi connectivity index (χ2n) is 6.60. The third-order valence-corrected chi connectivity index (χ3v) is 9.79. The summed E-state index contributed by atoms with van der Waals surface area (Å²) in [6, 6.07) is 5.91. The Morgan fingerprint density at radius 2 is 2.04 bits per heavy atom. The summed E-state index contributed by atoms with van der Waals surface area (Å²) >= 11 is 1.53. The van der Waals surface area contributed by atoms with Crippen molar-refractivity contribution in [2.24, 2.45) is 5.41 Å². The van der Waals surface area contributed by atoms with E-state index in [4.69, 9.17) is 0 Å². The summed E-state index contributed by atoms with van der Waals surface area (Å²) in [6.07, 6.45) is 0.363. The van der Waals surface area contributed by atoms with Crippen LogP contribution in [-0.4, -0.2) is 38.4 Å². The van der Waals surface area contributed by atoms with Crippen LogP contribution in [0.2, 0.25) is 0 Å². The van der Waals surface area contributed by atoms with Gasteiger partial charge in [0.15, 0.2) is 9.74 Å². The highest BCUT2D eigenvalue weighted by atomic mass is 33.1. The Bertz CT molecular complexity index is 761. The molecule has 0 aromatic carbocycles. The van der Waals surface area contributed by atoms with E-state index in [9.17, 15) is 14.9 Å². The fourth-order valence-electron chi connectivity index (χ4n) is 3.79. The van der Waals surface area contributed by atoms with Gasteiger partial charge in [0.2, 0.25) is 0 Å². The molecule has 0 N–H and O–H groups in total.